The number of hydrogen-bond donors (Lipinski definition) is 1. The van der Waals surface area contributed by atoms with Crippen LogP contribution in [0.15, 0.2) is 42.5 Å². The second-order valence-electron chi connectivity index (χ2n) is 7.06. The summed E-state index contributed by atoms with van der Waals surface area (Å²) in [6.45, 7) is 4.00. The van der Waals surface area contributed by atoms with Crippen LogP contribution in [0.5, 0.6) is 0 Å². The number of hydrogen-bond acceptors (Lipinski definition) is 2. The fraction of sp³-hybridized carbons (Fsp3) is 0.429. The van der Waals surface area contributed by atoms with Crippen molar-refractivity contribution in [1.82, 2.24) is 4.72 Å². The second kappa shape index (κ2) is 7.71. The predicted molar refractivity (Wildman–Crippen MR) is 103 cm³/mol. The van der Waals surface area contributed by atoms with Crippen molar-refractivity contribution in [3.63, 3.8) is 0 Å². The molecule has 1 atom stereocenters. The van der Waals surface area contributed by atoms with E-state index < -0.39 is 10.0 Å². The fourth-order valence-electron chi connectivity index (χ4n) is 3.64. The molecule has 4 heteroatoms. The van der Waals surface area contributed by atoms with Gasteiger partial charge in [0.05, 0.1) is 5.75 Å². The van der Waals surface area contributed by atoms with Crippen LogP contribution < -0.4 is 4.72 Å². The Hall–Kier alpha value is -1.65. The molecule has 0 heterocycles. The zero-order valence-electron chi connectivity index (χ0n) is 15.1. The zero-order chi connectivity index (χ0) is 17.9. The van der Waals surface area contributed by atoms with Gasteiger partial charge in [-0.1, -0.05) is 55.0 Å². The Kier molecular flexibility index (Phi) is 5.60. The Morgan fingerprint density at radius 2 is 1.80 bits per heavy atom. The smallest absolute Gasteiger partial charge is 0.212 e. The van der Waals surface area contributed by atoms with E-state index in [-0.39, 0.29) is 11.8 Å². The van der Waals surface area contributed by atoms with E-state index in [2.05, 4.69) is 22.9 Å². The molecule has 3 nitrogen and oxygen atoms in total. The lowest BCUT2D eigenvalue weighted by atomic mass is 9.89. The average Bonchev–Trinajstić information content (AvgIpc) is 2.59. The van der Waals surface area contributed by atoms with Gasteiger partial charge in [0.1, 0.15) is 0 Å². The second-order valence-corrected chi connectivity index (χ2v) is 8.82. The highest BCUT2D eigenvalue weighted by Gasteiger charge is 2.20. The van der Waals surface area contributed by atoms with E-state index in [0.717, 1.165) is 36.0 Å². The number of aryl methyl sites for hydroxylation is 3. The van der Waals surface area contributed by atoms with Gasteiger partial charge in [0, 0.05) is 6.04 Å². The topological polar surface area (TPSA) is 46.2 Å². The number of fused-ring (bicyclic) bond motifs is 1. The quantitative estimate of drug-likeness (QED) is 0.830. The number of sulfonamides is 1. The molecule has 1 aliphatic carbocycles. The number of benzene rings is 2. The molecule has 0 bridgehead atoms. The predicted octanol–water partition coefficient (Wildman–Crippen LogP) is 4.44. The van der Waals surface area contributed by atoms with E-state index >= 15 is 0 Å². The third-order valence-electron chi connectivity index (χ3n) is 4.94. The summed E-state index contributed by atoms with van der Waals surface area (Å²) in [6, 6.07) is 14.0. The highest BCUT2D eigenvalue weighted by Crippen LogP contribution is 2.26. The molecule has 2 aromatic carbocycles. The molecule has 1 unspecified atom stereocenters. The first-order chi connectivity index (χ1) is 12.0. The molecule has 134 valence electrons. The fourth-order valence-corrected chi connectivity index (χ4v) is 5.07. The monoisotopic (exact) mass is 357 g/mol. The molecular formula is C21H27NO2S. The maximum atomic E-state index is 12.6. The Morgan fingerprint density at radius 1 is 1.04 bits per heavy atom. The molecule has 0 spiro atoms. The summed E-state index contributed by atoms with van der Waals surface area (Å²) in [4.78, 5) is 0. The van der Waals surface area contributed by atoms with Gasteiger partial charge in [0.25, 0.3) is 0 Å². The first-order valence-electron chi connectivity index (χ1n) is 9.14. The minimum Gasteiger partial charge on any atom is -0.212 e. The molecule has 25 heavy (non-hydrogen) atoms. The van der Waals surface area contributed by atoms with Crippen molar-refractivity contribution in [2.75, 3.05) is 0 Å². The van der Waals surface area contributed by atoms with Crippen molar-refractivity contribution in [3.8, 4) is 0 Å². The third kappa shape index (κ3) is 4.71. The summed E-state index contributed by atoms with van der Waals surface area (Å²) in [6.07, 6.45) is 5.48. The summed E-state index contributed by atoms with van der Waals surface area (Å²) < 4.78 is 28.2. The van der Waals surface area contributed by atoms with E-state index in [9.17, 15) is 8.42 Å². The van der Waals surface area contributed by atoms with Gasteiger partial charge in [-0.3, -0.25) is 0 Å². The molecule has 2 aromatic rings. The normalized spacial score (nSPS) is 15.6. The summed E-state index contributed by atoms with van der Waals surface area (Å²) in [5.74, 6) is 0.0239. The molecule has 3 rings (SSSR count). The summed E-state index contributed by atoms with van der Waals surface area (Å²) in [5.41, 5.74) is 5.80. The lowest BCUT2D eigenvalue weighted by Crippen LogP contribution is -2.29. The van der Waals surface area contributed by atoms with E-state index in [1.807, 2.05) is 38.1 Å². The van der Waals surface area contributed by atoms with E-state index in [1.54, 1.807) is 0 Å². The van der Waals surface area contributed by atoms with Gasteiger partial charge in [-0.2, -0.15) is 0 Å². The lowest BCUT2D eigenvalue weighted by molar-refractivity contribution is 0.548. The first kappa shape index (κ1) is 18.2. The molecule has 1 N–H and O–H groups in total. The Labute approximate surface area is 151 Å². The summed E-state index contributed by atoms with van der Waals surface area (Å²) in [7, 11) is -3.38. The highest BCUT2D eigenvalue weighted by molar-refractivity contribution is 7.88. The van der Waals surface area contributed by atoms with Crippen molar-refractivity contribution >= 4 is 10.0 Å². The van der Waals surface area contributed by atoms with Crippen molar-refractivity contribution in [3.05, 3.63) is 70.3 Å². The van der Waals surface area contributed by atoms with Crippen LogP contribution in [0.4, 0.5) is 0 Å². The van der Waals surface area contributed by atoms with Gasteiger partial charge in [0.15, 0.2) is 0 Å². The van der Waals surface area contributed by atoms with Crippen LogP contribution in [0.25, 0.3) is 0 Å². The van der Waals surface area contributed by atoms with Gasteiger partial charge in [-0.15, -0.1) is 0 Å². The highest BCUT2D eigenvalue weighted by atomic mass is 32.2. The van der Waals surface area contributed by atoms with Crippen LogP contribution in [0.2, 0.25) is 0 Å². The van der Waals surface area contributed by atoms with Crippen LogP contribution in [0.3, 0.4) is 0 Å². The van der Waals surface area contributed by atoms with Gasteiger partial charge in [-0.05, 0) is 61.3 Å². The van der Waals surface area contributed by atoms with Gasteiger partial charge in [-0.25, -0.2) is 13.1 Å². The Bertz CT molecular complexity index is 843. The van der Waals surface area contributed by atoms with Crippen molar-refractivity contribution in [2.24, 2.45) is 0 Å². The zero-order valence-corrected chi connectivity index (χ0v) is 15.9. The van der Waals surface area contributed by atoms with Crippen LogP contribution in [0, 0.1) is 6.92 Å². The molecule has 0 aliphatic heterocycles. The van der Waals surface area contributed by atoms with E-state index in [4.69, 9.17) is 0 Å². The first-order valence-corrected chi connectivity index (χ1v) is 10.8. The lowest BCUT2D eigenvalue weighted by Gasteiger charge is -2.21. The molecular weight excluding hydrogens is 330 g/mol. The third-order valence-corrected chi connectivity index (χ3v) is 6.30. The number of nitrogens with one attached hydrogen (secondary N) is 1. The maximum Gasteiger partial charge on any atom is 0.216 e. The molecule has 0 radical (unpaired) electrons. The van der Waals surface area contributed by atoms with Crippen LogP contribution in [-0.2, 0) is 28.6 Å². The van der Waals surface area contributed by atoms with E-state index in [0.29, 0.717) is 0 Å². The standard InChI is InChI=1S/C21H27NO2S/c1-3-21(20-12-11-18-9-4-5-10-19(18)14-20)22-25(23,24)15-17-8-6-7-16(2)13-17/h6-8,11-14,21-22H,3-5,9-10,15H2,1-2H3. The average molecular weight is 358 g/mol. The van der Waals surface area contributed by atoms with E-state index in [1.165, 1.54) is 24.0 Å². The maximum absolute atomic E-state index is 12.6. The van der Waals surface area contributed by atoms with Crippen molar-refractivity contribution < 1.29 is 8.42 Å². The van der Waals surface area contributed by atoms with Gasteiger partial charge >= 0.3 is 0 Å². The van der Waals surface area contributed by atoms with Crippen LogP contribution in [-0.4, -0.2) is 8.42 Å². The Morgan fingerprint density at radius 3 is 2.52 bits per heavy atom. The summed E-state index contributed by atoms with van der Waals surface area (Å²) in [5, 5.41) is 0. The SMILES string of the molecule is CCC(NS(=O)(=O)Cc1cccc(C)c1)c1ccc2c(c1)CCCC2. The molecule has 0 saturated heterocycles. The molecule has 0 fully saturated rings. The van der Waals surface area contributed by atoms with Crippen LogP contribution >= 0.6 is 0 Å². The minimum absolute atomic E-state index is 0.0239. The molecule has 0 amide bonds. The molecule has 0 saturated carbocycles. The molecule has 1 aliphatic rings. The van der Waals surface area contributed by atoms with Crippen molar-refractivity contribution in [2.45, 2.75) is 57.7 Å². The summed E-state index contributed by atoms with van der Waals surface area (Å²) >= 11 is 0. The minimum atomic E-state index is -3.38. The Balaban J connectivity index is 1.77. The van der Waals surface area contributed by atoms with Gasteiger partial charge in [0.2, 0.25) is 10.0 Å². The van der Waals surface area contributed by atoms with Gasteiger partial charge < -0.3 is 0 Å². The molecule has 0 aromatic heterocycles. The van der Waals surface area contributed by atoms with Crippen molar-refractivity contribution in [1.29, 1.82) is 0 Å². The largest absolute Gasteiger partial charge is 0.216 e. The van der Waals surface area contributed by atoms with Crippen LogP contribution in [0.1, 0.15) is 60.0 Å². The number of rotatable bonds is 6.